The molecule has 2 fully saturated rings. The number of nitrogens with zero attached hydrogens (tertiary/aromatic N) is 5. The Kier molecular flexibility index (Phi) is 3.81. The van der Waals surface area contributed by atoms with Crippen LogP contribution >= 0.6 is 0 Å². The molecule has 6 nitrogen and oxygen atoms in total. The SMILES string of the molecule is O=C(c1ccnc(-n2cncn2)c1)N1CCCC1C1CCCC1. The Labute approximate surface area is 135 Å². The van der Waals surface area contributed by atoms with Crippen LogP contribution in [0.4, 0.5) is 0 Å². The summed E-state index contributed by atoms with van der Waals surface area (Å²) in [7, 11) is 0. The summed E-state index contributed by atoms with van der Waals surface area (Å²) in [5.74, 6) is 1.45. The zero-order valence-corrected chi connectivity index (χ0v) is 13.1. The number of hydrogen-bond donors (Lipinski definition) is 0. The van der Waals surface area contributed by atoms with E-state index in [1.807, 2.05) is 0 Å². The van der Waals surface area contributed by atoms with Crippen molar-refractivity contribution < 1.29 is 4.79 Å². The Hall–Kier alpha value is -2.24. The third-order valence-electron chi connectivity index (χ3n) is 5.15. The minimum atomic E-state index is 0.128. The van der Waals surface area contributed by atoms with E-state index < -0.39 is 0 Å². The molecular weight excluding hydrogens is 290 g/mol. The zero-order chi connectivity index (χ0) is 15.6. The molecule has 120 valence electrons. The summed E-state index contributed by atoms with van der Waals surface area (Å²) in [5.41, 5.74) is 0.690. The van der Waals surface area contributed by atoms with Crippen molar-refractivity contribution in [2.24, 2.45) is 5.92 Å². The molecule has 6 heteroatoms. The first-order valence-corrected chi connectivity index (χ1v) is 8.45. The largest absolute Gasteiger partial charge is 0.335 e. The molecule has 1 aliphatic heterocycles. The second-order valence-electron chi connectivity index (χ2n) is 6.50. The van der Waals surface area contributed by atoms with Crippen molar-refractivity contribution in [3.8, 4) is 5.82 Å². The molecular formula is C17H21N5O. The second kappa shape index (κ2) is 6.10. The van der Waals surface area contributed by atoms with Crippen molar-refractivity contribution in [2.75, 3.05) is 6.54 Å². The molecule has 1 aliphatic carbocycles. The Morgan fingerprint density at radius 2 is 2.04 bits per heavy atom. The van der Waals surface area contributed by atoms with Gasteiger partial charge in [0.2, 0.25) is 0 Å². The molecule has 1 unspecified atom stereocenters. The van der Waals surface area contributed by atoms with E-state index in [0.29, 0.717) is 23.3 Å². The first kappa shape index (κ1) is 14.4. The molecule has 1 saturated carbocycles. The molecule has 0 N–H and O–H groups in total. The lowest BCUT2D eigenvalue weighted by Gasteiger charge is -2.29. The van der Waals surface area contributed by atoms with Crippen molar-refractivity contribution in [2.45, 2.75) is 44.6 Å². The molecule has 3 heterocycles. The maximum absolute atomic E-state index is 13.0. The molecule has 0 aromatic carbocycles. The van der Waals surface area contributed by atoms with Crippen LogP contribution < -0.4 is 0 Å². The van der Waals surface area contributed by atoms with E-state index in [2.05, 4.69) is 20.0 Å². The summed E-state index contributed by atoms with van der Waals surface area (Å²) in [6.45, 7) is 0.876. The number of likely N-dealkylation sites (tertiary alicyclic amines) is 1. The Bertz CT molecular complexity index is 678. The van der Waals surface area contributed by atoms with Crippen LogP contribution in [0.2, 0.25) is 0 Å². The Morgan fingerprint density at radius 3 is 2.83 bits per heavy atom. The Balaban J connectivity index is 1.57. The van der Waals surface area contributed by atoms with Crippen molar-refractivity contribution >= 4 is 5.91 Å². The lowest BCUT2D eigenvalue weighted by molar-refractivity contribution is 0.0689. The van der Waals surface area contributed by atoms with Gasteiger partial charge in [-0.25, -0.2) is 14.6 Å². The summed E-state index contributed by atoms with van der Waals surface area (Å²) >= 11 is 0. The summed E-state index contributed by atoms with van der Waals surface area (Å²) < 4.78 is 1.58. The zero-order valence-electron chi connectivity index (χ0n) is 13.1. The predicted octanol–water partition coefficient (Wildman–Crippen LogP) is 2.46. The van der Waals surface area contributed by atoms with Gasteiger partial charge in [0.1, 0.15) is 12.7 Å². The van der Waals surface area contributed by atoms with Crippen LogP contribution in [-0.4, -0.2) is 43.1 Å². The molecule has 1 saturated heterocycles. The molecule has 2 aliphatic rings. The van der Waals surface area contributed by atoms with Gasteiger partial charge in [-0.3, -0.25) is 4.79 Å². The quantitative estimate of drug-likeness (QED) is 0.873. The Morgan fingerprint density at radius 1 is 1.17 bits per heavy atom. The van der Waals surface area contributed by atoms with E-state index in [1.165, 1.54) is 32.0 Å². The van der Waals surface area contributed by atoms with Gasteiger partial charge in [0.15, 0.2) is 5.82 Å². The molecule has 0 spiro atoms. The van der Waals surface area contributed by atoms with E-state index in [-0.39, 0.29) is 5.91 Å². The van der Waals surface area contributed by atoms with Gasteiger partial charge >= 0.3 is 0 Å². The fourth-order valence-electron chi connectivity index (χ4n) is 4.05. The van der Waals surface area contributed by atoms with Crippen molar-refractivity contribution in [1.29, 1.82) is 0 Å². The highest BCUT2D eigenvalue weighted by Gasteiger charge is 2.36. The highest BCUT2D eigenvalue weighted by atomic mass is 16.2. The topological polar surface area (TPSA) is 63.9 Å². The summed E-state index contributed by atoms with van der Waals surface area (Å²) in [5, 5.41) is 4.08. The van der Waals surface area contributed by atoms with Crippen LogP contribution in [0.1, 0.15) is 48.9 Å². The van der Waals surface area contributed by atoms with Crippen molar-refractivity contribution in [3.05, 3.63) is 36.5 Å². The second-order valence-corrected chi connectivity index (χ2v) is 6.50. The van der Waals surface area contributed by atoms with Crippen LogP contribution in [0, 0.1) is 5.92 Å². The van der Waals surface area contributed by atoms with E-state index in [1.54, 1.807) is 29.3 Å². The molecule has 0 bridgehead atoms. The first-order chi connectivity index (χ1) is 11.3. The molecule has 0 radical (unpaired) electrons. The fourth-order valence-corrected chi connectivity index (χ4v) is 4.05. The smallest absolute Gasteiger partial charge is 0.254 e. The average molecular weight is 311 g/mol. The number of carbonyl (C=O) groups excluding carboxylic acids is 1. The van der Waals surface area contributed by atoms with Gasteiger partial charge in [0.25, 0.3) is 5.91 Å². The third-order valence-corrected chi connectivity index (χ3v) is 5.15. The third kappa shape index (κ3) is 2.73. The van der Waals surface area contributed by atoms with Gasteiger partial charge in [-0.2, -0.15) is 5.10 Å². The number of carbonyl (C=O) groups is 1. The molecule has 1 atom stereocenters. The molecule has 2 aromatic rings. The van der Waals surface area contributed by atoms with E-state index in [4.69, 9.17) is 0 Å². The highest BCUT2D eigenvalue weighted by Crippen LogP contribution is 2.36. The number of amides is 1. The van der Waals surface area contributed by atoms with Crippen LogP contribution in [0.15, 0.2) is 31.0 Å². The standard InChI is InChI=1S/C17H21N5O/c23-17(21-9-3-6-15(21)13-4-1-2-5-13)14-7-8-19-16(10-14)22-12-18-11-20-22/h7-8,10-13,15H,1-6,9H2. The predicted molar refractivity (Wildman–Crippen MR) is 85.2 cm³/mol. The fraction of sp³-hybridized carbons (Fsp3) is 0.529. The number of hydrogen-bond acceptors (Lipinski definition) is 4. The van der Waals surface area contributed by atoms with Crippen LogP contribution in [0.5, 0.6) is 0 Å². The summed E-state index contributed by atoms with van der Waals surface area (Å²) in [4.78, 5) is 23.3. The monoisotopic (exact) mass is 311 g/mol. The van der Waals surface area contributed by atoms with E-state index in [9.17, 15) is 4.79 Å². The van der Waals surface area contributed by atoms with Gasteiger partial charge in [-0.05, 0) is 43.7 Å². The summed E-state index contributed by atoms with van der Waals surface area (Å²) in [6, 6.07) is 4.03. The number of rotatable bonds is 3. The van der Waals surface area contributed by atoms with Gasteiger partial charge in [-0.1, -0.05) is 12.8 Å². The normalized spacial score (nSPS) is 21.9. The van der Waals surface area contributed by atoms with Gasteiger partial charge in [0.05, 0.1) is 0 Å². The average Bonchev–Trinajstić information content (AvgIpc) is 3.35. The molecule has 1 amide bonds. The maximum atomic E-state index is 13.0. The van der Waals surface area contributed by atoms with Gasteiger partial charge < -0.3 is 4.90 Å². The van der Waals surface area contributed by atoms with Crippen LogP contribution in [0.25, 0.3) is 5.82 Å². The lowest BCUT2D eigenvalue weighted by atomic mass is 9.95. The summed E-state index contributed by atoms with van der Waals surface area (Å²) in [6.07, 6.45) is 12.2. The first-order valence-electron chi connectivity index (χ1n) is 8.45. The van der Waals surface area contributed by atoms with Gasteiger partial charge in [-0.15, -0.1) is 0 Å². The molecule has 4 rings (SSSR count). The van der Waals surface area contributed by atoms with Crippen LogP contribution in [0.3, 0.4) is 0 Å². The highest BCUT2D eigenvalue weighted by molar-refractivity contribution is 5.95. The number of aromatic nitrogens is 4. The van der Waals surface area contributed by atoms with E-state index in [0.717, 1.165) is 19.4 Å². The lowest BCUT2D eigenvalue weighted by Crippen LogP contribution is -2.39. The minimum absolute atomic E-state index is 0.128. The van der Waals surface area contributed by atoms with Gasteiger partial charge in [0, 0.05) is 24.3 Å². The van der Waals surface area contributed by atoms with Crippen molar-refractivity contribution in [1.82, 2.24) is 24.6 Å². The maximum Gasteiger partial charge on any atom is 0.254 e. The van der Waals surface area contributed by atoms with Crippen LogP contribution in [-0.2, 0) is 0 Å². The minimum Gasteiger partial charge on any atom is -0.335 e. The van der Waals surface area contributed by atoms with Crippen molar-refractivity contribution in [3.63, 3.8) is 0 Å². The van der Waals surface area contributed by atoms with E-state index >= 15 is 0 Å². The molecule has 2 aromatic heterocycles. The number of pyridine rings is 1. The molecule has 23 heavy (non-hydrogen) atoms.